The van der Waals surface area contributed by atoms with Crippen LogP contribution in [0.25, 0.3) is 4.85 Å². The van der Waals surface area contributed by atoms with E-state index in [1.54, 1.807) is 0 Å². The molecule has 0 unspecified atom stereocenters. The maximum atomic E-state index is 7.16. The molecule has 1 radical (unpaired) electrons. The van der Waals surface area contributed by atoms with Crippen molar-refractivity contribution in [3.63, 3.8) is 0 Å². The fourth-order valence-corrected chi connectivity index (χ4v) is 2.36. The van der Waals surface area contributed by atoms with Gasteiger partial charge in [-0.2, -0.15) is 29.9 Å². The Labute approximate surface area is 139 Å². The summed E-state index contributed by atoms with van der Waals surface area (Å²) in [6.07, 6.45) is 0. The Hall–Kier alpha value is -1.82. The van der Waals surface area contributed by atoms with Gasteiger partial charge in [-0.3, -0.25) is 0 Å². The third-order valence-corrected chi connectivity index (χ3v) is 3.69. The van der Waals surface area contributed by atoms with Gasteiger partial charge < -0.3 is 9.80 Å². The molecule has 1 aliphatic heterocycles. The summed E-state index contributed by atoms with van der Waals surface area (Å²) in [5.74, 6) is 0. The van der Waals surface area contributed by atoms with Gasteiger partial charge in [-0.1, -0.05) is 19.9 Å². The van der Waals surface area contributed by atoms with Crippen molar-refractivity contribution in [3.8, 4) is 0 Å². The molecule has 2 aromatic carbocycles. The third-order valence-electron chi connectivity index (χ3n) is 3.69. The average Bonchev–Trinajstić information content (AvgIpc) is 2.78. The molecule has 1 heterocycles. The number of nitrogens with zero attached hydrogens (tertiary/aromatic N) is 3. The van der Waals surface area contributed by atoms with E-state index in [1.807, 2.05) is 38.0 Å². The van der Waals surface area contributed by atoms with Gasteiger partial charge in [0.2, 0.25) is 0 Å². The van der Waals surface area contributed by atoms with Crippen LogP contribution >= 0.6 is 0 Å². The second-order valence-electron chi connectivity index (χ2n) is 5.07. The largest absolute Gasteiger partial charge is 0.504 e. The minimum Gasteiger partial charge on any atom is -0.504 e. The summed E-state index contributed by atoms with van der Waals surface area (Å²) in [5, 5.41) is 0. The molecule has 3 nitrogen and oxygen atoms in total. The van der Waals surface area contributed by atoms with E-state index in [1.165, 1.54) is 11.1 Å². The fourth-order valence-electron chi connectivity index (χ4n) is 2.36. The molecular formula is C17H15IrN3-2. The summed E-state index contributed by atoms with van der Waals surface area (Å²) in [6.45, 7) is 13.4. The second-order valence-corrected chi connectivity index (χ2v) is 5.07. The summed E-state index contributed by atoms with van der Waals surface area (Å²) in [4.78, 5) is 7.66. The van der Waals surface area contributed by atoms with Crippen molar-refractivity contribution < 1.29 is 20.1 Å². The van der Waals surface area contributed by atoms with Crippen molar-refractivity contribution >= 4 is 22.7 Å². The fraction of sp³-hybridized carbons (Fsp3) is 0.176. The standard InChI is InChI=1S/C17H15N3.Ir/c1-12-5-7-15(9-13(12)2)20-11-19(4)16-8-6-14(18-3)10-17(16)20;/h5-6,8-11H,1-2,4H3;/q-2;. The Balaban J connectivity index is 0.00000161. The van der Waals surface area contributed by atoms with Crippen molar-refractivity contribution in [3.05, 3.63) is 65.6 Å². The Morgan fingerprint density at radius 1 is 1.14 bits per heavy atom. The Morgan fingerprint density at radius 2 is 1.90 bits per heavy atom. The monoisotopic (exact) mass is 454 g/mol. The van der Waals surface area contributed by atoms with Crippen LogP contribution in [-0.2, 0) is 20.1 Å². The van der Waals surface area contributed by atoms with Crippen LogP contribution in [0.1, 0.15) is 11.1 Å². The first-order chi connectivity index (χ1) is 9.60. The number of anilines is 3. The Morgan fingerprint density at radius 3 is 2.57 bits per heavy atom. The van der Waals surface area contributed by atoms with Crippen LogP contribution < -0.4 is 9.80 Å². The zero-order chi connectivity index (χ0) is 14.3. The first-order valence-corrected chi connectivity index (χ1v) is 6.47. The number of benzene rings is 2. The van der Waals surface area contributed by atoms with Crippen LogP contribution in [0.15, 0.2) is 30.3 Å². The molecule has 0 aliphatic carbocycles. The molecule has 1 aliphatic rings. The van der Waals surface area contributed by atoms with Gasteiger partial charge in [0.1, 0.15) is 0 Å². The van der Waals surface area contributed by atoms with Gasteiger partial charge in [0.05, 0.1) is 6.57 Å². The van der Waals surface area contributed by atoms with Crippen molar-refractivity contribution in [2.45, 2.75) is 13.8 Å². The van der Waals surface area contributed by atoms with Crippen LogP contribution in [0.5, 0.6) is 0 Å². The summed E-state index contributed by atoms with van der Waals surface area (Å²) in [6, 6.07) is 13.2. The van der Waals surface area contributed by atoms with E-state index >= 15 is 0 Å². The molecule has 0 N–H and O–H groups in total. The van der Waals surface area contributed by atoms with Crippen molar-refractivity contribution in [1.29, 1.82) is 0 Å². The predicted molar refractivity (Wildman–Crippen MR) is 82.3 cm³/mol. The summed E-state index contributed by atoms with van der Waals surface area (Å²) >= 11 is 0. The van der Waals surface area contributed by atoms with E-state index in [-0.39, 0.29) is 20.1 Å². The molecule has 3 rings (SSSR count). The summed E-state index contributed by atoms with van der Waals surface area (Å²) in [7, 11) is 2.01. The predicted octanol–water partition coefficient (Wildman–Crippen LogP) is 4.36. The van der Waals surface area contributed by atoms with Crippen LogP contribution in [0.2, 0.25) is 0 Å². The topological polar surface area (TPSA) is 10.8 Å². The van der Waals surface area contributed by atoms with E-state index in [9.17, 15) is 0 Å². The number of rotatable bonds is 1. The van der Waals surface area contributed by atoms with Crippen molar-refractivity contribution in [2.75, 3.05) is 16.8 Å². The Kier molecular flexibility index (Phi) is 4.37. The number of aryl methyl sites for hydroxylation is 2. The van der Waals surface area contributed by atoms with Gasteiger partial charge in [-0.05, 0) is 19.2 Å². The van der Waals surface area contributed by atoms with E-state index in [2.05, 4.69) is 40.6 Å². The number of hydrogen-bond donors (Lipinski definition) is 0. The molecule has 21 heavy (non-hydrogen) atoms. The first kappa shape index (κ1) is 15.6. The molecule has 0 saturated carbocycles. The van der Waals surface area contributed by atoms with Gasteiger partial charge in [0.25, 0.3) is 0 Å². The Bertz CT molecular complexity index is 718. The zero-order valence-electron chi connectivity index (χ0n) is 12.1. The molecule has 0 spiro atoms. The van der Waals surface area contributed by atoms with Crippen molar-refractivity contribution in [1.82, 2.24) is 0 Å². The van der Waals surface area contributed by atoms with E-state index < -0.39 is 0 Å². The van der Waals surface area contributed by atoms with Crippen molar-refractivity contribution in [2.24, 2.45) is 0 Å². The SMILES string of the molecule is [C-]#[N+]c1ccc2c(c1)N(c1[c-]cc(C)c(C)c1)[CH-]N2C.[Ir]. The quantitative estimate of drug-likeness (QED) is 0.595. The molecule has 0 aromatic heterocycles. The maximum absolute atomic E-state index is 7.16. The van der Waals surface area contributed by atoms with Crippen LogP contribution in [0, 0.1) is 33.2 Å². The van der Waals surface area contributed by atoms with Gasteiger partial charge in [0, 0.05) is 31.5 Å². The third kappa shape index (κ3) is 2.67. The van der Waals surface area contributed by atoms with Crippen LogP contribution in [0.4, 0.5) is 22.7 Å². The van der Waals surface area contributed by atoms with E-state index in [4.69, 9.17) is 6.57 Å². The van der Waals surface area contributed by atoms with E-state index in [0.717, 1.165) is 17.1 Å². The minimum atomic E-state index is 0. The minimum absolute atomic E-state index is 0. The average molecular weight is 454 g/mol. The molecule has 2 aromatic rings. The van der Waals surface area contributed by atoms with Crippen LogP contribution in [-0.4, -0.2) is 7.05 Å². The molecular weight excluding hydrogens is 438 g/mol. The molecule has 4 heteroatoms. The van der Waals surface area contributed by atoms with Crippen LogP contribution in [0.3, 0.4) is 0 Å². The van der Waals surface area contributed by atoms with Gasteiger partial charge in [0.15, 0.2) is 5.69 Å². The molecule has 0 saturated heterocycles. The zero-order valence-corrected chi connectivity index (χ0v) is 14.5. The normalized spacial score (nSPS) is 12.7. The van der Waals surface area contributed by atoms with Gasteiger partial charge in [-0.25, -0.2) is 4.85 Å². The van der Waals surface area contributed by atoms with E-state index in [0.29, 0.717) is 5.69 Å². The number of hydrogen-bond acceptors (Lipinski definition) is 2. The second kappa shape index (κ2) is 5.89. The molecule has 0 bridgehead atoms. The van der Waals surface area contributed by atoms with Gasteiger partial charge in [-0.15, -0.1) is 11.8 Å². The molecule has 0 fully saturated rings. The molecule has 0 amide bonds. The summed E-state index contributed by atoms with van der Waals surface area (Å²) < 4.78 is 0. The number of fused-ring (bicyclic) bond motifs is 1. The maximum Gasteiger partial charge on any atom is 0.189 e. The first-order valence-electron chi connectivity index (χ1n) is 6.47. The van der Waals surface area contributed by atoms with Gasteiger partial charge >= 0.3 is 0 Å². The molecule has 0 atom stereocenters. The smallest absolute Gasteiger partial charge is 0.189 e. The molecule has 109 valence electrons. The summed E-state index contributed by atoms with van der Waals surface area (Å²) in [5.41, 5.74) is 6.26.